The summed E-state index contributed by atoms with van der Waals surface area (Å²) >= 11 is 0. The number of nitrogens with two attached hydrogens (primary N) is 1. The van der Waals surface area contributed by atoms with Crippen molar-refractivity contribution in [1.29, 1.82) is 0 Å². The van der Waals surface area contributed by atoms with Crippen LogP contribution >= 0.6 is 0 Å². The zero-order valence-electron chi connectivity index (χ0n) is 12.8. The summed E-state index contributed by atoms with van der Waals surface area (Å²) < 4.78 is 0. The minimum Gasteiger partial charge on any atom is -0.393 e. The van der Waals surface area contributed by atoms with Gasteiger partial charge in [0.1, 0.15) is 5.69 Å². The first kappa shape index (κ1) is 15.7. The third-order valence-electron chi connectivity index (χ3n) is 4.15. The monoisotopic (exact) mass is 292 g/mol. The molecule has 0 aliphatic carbocycles. The van der Waals surface area contributed by atoms with Crippen molar-refractivity contribution in [1.82, 2.24) is 9.80 Å². The number of anilines is 1. The molecule has 0 amide bonds. The van der Waals surface area contributed by atoms with Crippen molar-refractivity contribution in [3.8, 4) is 0 Å². The lowest BCUT2D eigenvalue weighted by molar-refractivity contribution is -0.384. The van der Waals surface area contributed by atoms with Gasteiger partial charge in [-0.2, -0.15) is 0 Å². The first-order valence-electron chi connectivity index (χ1n) is 7.35. The lowest BCUT2D eigenvalue weighted by Crippen LogP contribution is -2.35. The molecule has 6 nitrogen and oxygen atoms in total. The third kappa shape index (κ3) is 4.41. The molecule has 2 rings (SSSR count). The number of piperidine rings is 1. The molecule has 0 bridgehead atoms. The van der Waals surface area contributed by atoms with Gasteiger partial charge in [0.25, 0.3) is 5.69 Å². The quantitative estimate of drug-likeness (QED) is 0.510. The van der Waals surface area contributed by atoms with E-state index in [-0.39, 0.29) is 11.4 Å². The minimum absolute atomic E-state index is 0.000177. The molecule has 0 radical (unpaired) electrons. The first-order valence-corrected chi connectivity index (χ1v) is 7.35. The van der Waals surface area contributed by atoms with E-state index >= 15 is 0 Å². The molecule has 0 aromatic heterocycles. The lowest BCUT2D eigenvalue weighted by atomic mass is 9.96. The van der Waals surface area contributed by atoms with E-state index in [1.807, 2.05) is 6.07 Å². The Balaban J connectivity index is 1.92. The predicted molar refractivity (Wildman–Crippen MR) is 84.1 cm³/mol. The Morgan fingerprint density at radius 1 is 1.43 bits per heavy atom. The standard InChI is InChI=1S/C15H24N4O2/c1-17-7-5-12(6-8-17)10-18(2)11-13-3-4-14(16)15(9-13)19(20)21/h3-4,9,12H,5-8,10-11,16H2,1-2H3. The number of nitro groups is 1. The van der Waals surface area contributed by atoms with Gasteiger partial charge >= 0.3 is 0 Å². The number of benzene rings is 1. The second-order valence-electron chi connectivity index (χ2n) is 6.09. The van der Waals surface area contributed by atoms with E-state index in [0.29, 0.717) is 6.54 Å². The van der Waals surface area contributed by atoms with Crippen LogP contribution in [0.25, 0.3) is 0 Å². The summed E-state index contributed by atoms with van der Waals surface area (Å²) in [6, 6.07) is 5.07. The van der Waals surface area contributed by atoms with Gasteiger partial charge < -0.3 is 15.5 Å². The van der Waals surface area contributed by atoms with Crippen molar-refractivity contribution < 1.29 is 4.92 Å². The molecule has 1 aromatic rings. The van der Waals surface area contributed by atoms with Crippen molar-refractivity contribution in [3.05, 3.63) is 33.9 Å². The van der Waals surface area contributed by atoms with Gasteiger partial charge in [-0.15, -0.1) is 0 Å². The molecule has 0 saturated carbocycles. The van der Waals surface area contributed by atoms with Crippen LogP contribution in [0.1, 0.15) is 18.4 Å². The van der Waals surface area contributed by atoms with Crippen LogP contribution in [-0.4, -0.2) is 48.5 Å². The minimum atomic E-state index is -0.421. The van der Waals surface area contributed by atoms with Gasteiger partial charge in [0.2, 0.25) is 0 Å². The zero-order valence-corrected chi connectivity index (χ0v) is 12.8. The van der Waals surface area contributed by atoms with Gasteiger partial charge in [-0.1, -0.05) is 6.07 Å². The molecule has 6 heteroatoms. The van der Waals surface area contributed by atoms with Gasteiger partial charge in [0.15, 0.2) is 0 Å². The Kier molecular flexibility index (Phi) is 5.14. The Labute approximate surface area is 125 Å². The van der Waals surface area contributed by atoms with Gasteiger partial charge in [0, 0.05) is 19.2 Å². The molecule has 1 fully saturated rings. The van der Waals surface area contributed by atoms with Crippen LogP contribution in [0.3, 0.4) is 0 Å². The maximum Gasteiger partial charge on any atom is 0.292 e. The van der Waals surface area contributed by atoms with E-state index in [9.17, 15) is 10.1 Å². The third-order valence-corrected chi connectivity index (χ3v) is 4.15. The van der Waals surface area contributed by atoms with Crippen LogP contribution in [0, 0.1) is 16.0 Å². The highest BCUT2D eigenvalue weighted by molar-refractivity contribution is 5.59. The number of nitrogens with zero attached hydrogens (tertiary/aromatic N) is 3. The summed E-state index contributed by atoms with van der Waals surface area (Å²) in [5.41, 5.74) is 6.78. The fraction of sp³-hybridized carbons (Fsp3) is 0.600. The van der Waals surface area contributed by atoms with Gasteiger partial charge in [-0.3, -0.25) is 10.1 Å². The molecule has 1 saturated heterocycles. The number of rotatable bonds is 5. The maximum absolute atomic E-state index is 10.9. The summed E-state index contributed by atoms with van der Waals surface area (Å²) in [7, 11) is 4.23. The van der Waals surface area contributed by atoms with Crippen LogP contribution in [-0.2, 0) is 6.54 Å². The molecular formula is C15H24N4O2. The average Bonchev–Trinajstić information content (AvgIpc) is 2.43. The van der Waals surface area contributed by atoms with Crippen molar-refractivity contribution >= 4 is 11.4 Å². The summed E-state index contributed by atoms with van der Waals surface area (Å²) in [5.74, 6) is 0.718. The lowest BCUT2D eigenvalue weighted by Gasteiger charge is -2.31. The van der Waals surface area contributed by atoms with E-state index in [1.54, 1.807) is 12.1 Å². The maximum atomic E-state index is 10.9. The second-order valence-corrected chi connectivity index (χ2v) is 6.09. The highest BCUT2D eigenvalue weighted by Crippen LogP contribution is 2.23. The van der Waals surface area contributed by atoms with Crippen LogP contribution in [0.15, 0.2) is 18.2 Å². The number of nitrogen functional groups attached to an aromatic ring is 1. The smallest absolute Gasteiger partial charge is 0.292 e. The van der Waals surface area contributed by atoms with Crippen LogP contribution < -0.4 is 5.73 Å². The molecule has 116 valence electrons. The Morgan fingerprint density at radius 2 is 2.10 bits per heavy atom. The molecule has 1 aliphatic heterocycles. The zero-order chi connectivity index (χ0) is 15.4. The Hall–Kier alpha value is -1.66. The molecule has 0 atom stereocenters. The van der Waals surface area contributed by atoms with Gasteiger partial charge in [-0.05, 0) is 57.6 Å². The normalized spacial score (nSPS) is 17.3. The molecule has 0 spiro atoms. The number of hydrogen-bond acceptors (Lipinski definition) is 5. The molecule has 2 N–H and O–H groups in total. The highest BCUT2D eigenvalue weighted by atomic mass is 16.6. The van der Waals surface area contributed by atoms with Crippen molar-refractivity contribution in [2.24, 2.45) is 5.92 Å². The Morgan fingerprint density at radius 3 is 2.71 bits per heavy atom. The van der Waals surface area contributed by atoms with Gasteiger partial charge in [0.05, 0.1) is 4.92 Å². The number of nitro benzene ring substituents is 1. The van der Waals surface area contributed by atoms with Crippen LogP contribution in [0.5, 0.6) is 0 Å². The van der Waals surface area contributed by atoms with E-state index in [4.69, 9.17) is 5.73 Å². The second kappa shape index (κ2) is 6.87. The molecule has 21 heavy (non-hydrogen) atoms. The van der Waals surface area contributed by atoms with Crippen molar-refractivity contribution in [2.75, 3.05) is 39.5 Å². The average molecular weight is 292 g/mol. The van der Waals surface area contributed by atoms with E-state index < -0.39 is 4.92 Å². The fourth-order valence-electron chi connectivity index (χ4n) is 2.91. The summed E-state index contributed by atoms with van der Waals surface area (Å²) in [6.07, 6.45) is 2.45. The molecule has 1 aromatic carbocycles. The van der Waals surface area contributed by atoms with E-state index in [0.717, 1.165) is 31.1 Å². The summed E-state index contributed by atoms with van der Waals surface area (Å²) in [6.45, 7) is 4.07. The van der Waals surface area contributed by atoms with Crippen molar-refractivity contribution in [2.45, 2.75) is 19.4 Å². The topological polar surface area (TPSA) is 75.6 Å². The molecular weight excluding hydrogens is 268 g/mol. The highest BCUT2D eigenvalue weighted by Gasteiger charge is 2.19. The fourth-order valence-corrected chi connectivity index (χ4v) is 2.91. The van der Waals surface area contributed by atoms with Crippen molar-refractivity contribution in [3.63, 3.8) is 0 Å². The largest absolute Gasteiger partial charge is 0.393 e. The number of hydrogen-bond donors (Lipinski definition) is 1. The van der Waals surface area contributed by atoms with E-state index in [2.05, 4.69) is 23.9 Å². The van der Waals surface area contributed by atoms with Crippen LogP contribution in [0.4, 0.5) is 11.4 Å². The molecule has 1 heterocycles. The summed E-state index contributed by atoms with van der Waals surface area (Å²) in [5, 5.41) is 10.9. The van der Waals surface area contributed by atoms with Crippen LogP contribution in [0.2, 0.25) is 0 Å². The predicted octanol–water partition coefficient (Wildman–Crippen LogP) is 1.95. The SMILES string of the molecule is CN1CCC(CN(C)Cc2ccc(N)c([N+](=O)[O-])c2)CC1. The first-order chi connectivity index (χ1) is 9.95. The van der Waals surface area contributed by atoms with Gasteiger partial charge in [-0.25, -0.2) is 0 Å². The van der Waals surface area contributed by atoms with E-state index in [1.165, 1.54) is 12.8 Å². The molecule has 0 unspecified atom stereocenters. The Bertz CT molecular complexity index is 498. The molecule has 1 aliphatic rings. The number of likely N-dealkylation sites (tertiary alicyclic amines) is 1. The summed E-state index contributed by atoms with van der Waals surface area (Å²) in [4.78, 5) is 15.1.